The second-order valence-electron chi connectivity index (χ2n) is 4.33. The highest BCUT2D eigenvalue weighted by atomic mass is 35.5. The number of nitrogens with zero attached hydrogens (tertiary/aromatic N) is 1. The van der Waals surface area contributed by atoms with Crippen molar-refractivity contribution < 1.29 is 13.9 Å². The van der Waals surface area contributed by atoms with Gasteiger partial charge in [-0.05, 0) is 29.8 Å². The van der Waals surface area contributed by atoms with Crippen LogP contribution in [0.1, 0.15) is 16.7 Å². The minimum Gasteiger partial charge on any atom is -0.493 e. The summed E-state index contributed by atoms with van der Waals surface area (Å²) < 4.78 is 24.6. The molecule has 0 fully saturated rings. The molecule has 5 heteroatoms. The van der Waals surface area contributed by atoms with Crippen molar-refractivity contribution in [2.45, 2.75) is 12.5 Å². The molecule has 0 amide bonds. The van der Waals surface area contributed by atoms with E-state index in [1.165, 1.54) is 19.2 Å². The molecule has 0 N–H and O–H groups in total. The smallest absolute Gasteiger partial charge is 0.161 e. The van der Waals surface area contributed by atoms with E-state index in [0.29, 0.717) is 22.9 Å². The summed E-state index contributed by atoms with van der Waals surface area (Å²) in [6.07, 6.45) is 0. The molecule has 0 bridgehead atoms. The Morgan fingerprint density at radius 2 is 2.00 bits per heavy atom. The lowest BCUT2D eigenvalue weighted by Crippen LogP contribution is -2.01. The van der Waals surface area contributed by atoms with Crippen molar-refractivity contribution >= 4 is 11.6 Å². The summed E-state index contributed by atoms with van der Waals surface area (Å²) in [4.78, 5) is 0. The second kappa shape index (κ2) is 6.96. The third kappa shape index (κ3) is 3.65. The Morgan fingerprint density at radius 3 is 2.62 bits per heavy atom. The van der Waals surface area contributed by atoms with E-state index in [1.54, 1.807) is 18.2 Å². The lowest BCUT2D eigenvalue weighted by Gasteiger charge is -2.12. The monoisotopic (exact) mass is 305 g/mol. The molecule has 0 aromatic heterocycles. The fourth-order valence-corrected chi connectivity index (χ4v) is 1.97. The zero-order valence-corrected chi connectivity index (χ0v) is 12.2. The zero-order chi connectivity index (χ0) is 15.2. The van der Waals surface area contributed by atoms with Crippen molar-refractivity contribution in [2.75, 3.05) is 7.11 Å². The molecule has 108 valence electrons. The molecular weight excluding hydrogens is 293 g/mol. The molecule has 0 unspecified atom stereocenters. The number of hydrogen-bond donors (Lipinski definition) is 0. The molecule has 0 saturated heterocycles. The van der Waals surface area contributed by atoms with Crippen molar-refractivity contribution in [2.24, 2.45) is 0 Å². The SMILES string of the molecule is COc1ccc(CCl)cc1OCc1ccc(C#N)cc1F. The Hall–Kier alpha value is -2.25. The Morgan fingerprint density at radius 1 is 1.19 bits per heavy atom. The third-order valence-corrected chi connectivity index (χ3v) is 3.26. The highest BCUT2D eigenvalue weighted by Gasteiger charge is 2.09. The normalized spacial score (nSPS) is 10.0. The van der Waals surface area contributed by atoms with Gasteiger partial charge in [-0.1, -0.05) is 12.1 Å². The lowest BCUT2D eigenvalue weighted by atomic mass is 10.1. The molecule has 2 aromatic carbocycles. The van der Waals surface area contributed by atoms with Crippen LogP contribution in [-0.4, -0.2) is 7.11 Å². The molecule has 2 rings (SSSR count). The van der Waals surface area contributed by atoms with Crippen molar-refractivity contribution in [3.8, 4) is 17.6 Å². The maximum Gasteiger partial charge on any atom is 0.161 e. The van der Waals surface area contributed by atoms with Gasteiger partial charge in [0.2, 0.25) is 0 Å². The second-order valence-corrected chi connectivity index (χ2v) is 4.59. The first kappa shape index (κ1) is 15.1. The Balaban J connectivity index is 2.18. The van der Waals surface area contributed by atoms with Gasteiger partial charge in [0, 0.05) is 11.4 Å². The number of nitriles is 1. The summed E-state index contributed by atoms with van der Waals surface area (Å²) in [5.41, 5.74) is 1.53. The number of rotatable bonds is 5. The van der Waals surface area contributed by atoms with E-state index < -0.39 is 5.82 Å². The number of benzene rings is 2. The van der Waals surface area contributed by atoms with Gasteiger partial charge in [0.1, 0.15) is 12.4 Å². The van der Waals surface area contributed by atoms with Crippen molar-refractivity contribution in [3.05, 3.63) is 58.9 Å². The topological polar surface area (TPSA) is 42.2 Å². The van der Waals surface area contributed by atoms with Gasteiger partial charge in [-0.25, -0.2) is 4.39 Å². The molecule has 0 spiro atoms. The van der Waals surface area contributed by atoms with Gasteiger partial charge >= 0.3 is 0 Å². The van der Waals surface area contributed by atoms with Gasteiger partial charge in [0.25, 0.3) is 0 Å². The predicted molar refractivity (Wildman–Crippen MR) is 78.0 cm³/mol. The van der Waals surface area contributed by atoms with E-state index in [1.807, 2.05) is 12.1 Å². The maximum absolute atomic E-state index is 13.8. The van der Waals surface area contributed by atoms with Crippen LogP contribution >= 0.6 is 11.6 Å². The van der Waals surface area contributed by atoms with Crippen LogP contribution in [-0.2, 0) is 12.5 Å². The van der Waals surface area contributed by atoms with E-state index >= 15 is 0 Å². The Bertz CT molecular complexity index is 682. The lowest BCUT2D eigenvalue weighted by molar-refractivity contribution is 0.279. The van der Waals surface area contributed by atoms with Crippen LogP contribution in [0.2, 0.25) is 0 Å². The van der Waals surface area contributed by atoms with Gasteiger partial charge < -0.3 is 9.47 Å². The van der Waals surface area contributed by atoms with E-state index in [2.05, 4.69) is 0 Å². The number of halogens is 2. The first-order valence-electron chi connectivity index (χ1n) is 6.22. The largest absolute Gasteiger partial charge is 0.493 e. The molecule has 3 nitrogen and oxygen atoms in total. The van der Waals surface area contributed by atoms with Crippen molar-refractivity contribution in [1.82, 2.24) is 0 Å². The number of methoxy groups -OCH3 is 1. The number of ether oxygens (including phenoxy) is 2. The van der Waals surface area contributed by atoms with Crippen LogP contribution < -0.4 is 9.47 Å². The summed E-state index contributed by atoms with van der Waals surface area (Å²) in [5.74, 6) is 0.935. The van der Waals surface area contributed by atoms with Gasteiger partial charge in [-0.15, -0.1) is 11.6 Å². The maximum atomic E-state index is 13.8. The predicted octanol–water partition coefficient (Wildman–Crippen LogP) is 4.02. The van der Waals surface area contributed by atoms with Crippen LogP contribution in [0.25, 0.3) is 0 Å². The fourth-order valence-electron chi connectivity index (χ4n) is 1.81. The van der Waals surface area contributed by atoms with E-state index in [9.17, 15) is 4.39 Å². The Kier molecular flexibility index (Phi) is 5.02. The van der Waals surface area contributed by atoms with E-state index in [-0.39, 0.29) is 12.2 Å². The minimum atomic E-state index is -0.471. The Labute approximate surface area is 127 Å². The molecule has 2 aromatic rings. The van der Waals surface area contributed by atoms with Crippen LogP contribution in [0, 0.1) is 17.1 Å². The molecule has 0 atom stereocenters. The number of hydrogen-bond acceptors (Lipinski definition) is 3. The molecule has 0 radical (unpaired) electrons. The quantitative estimate of drug-likeness (QED) is 0.783. The van der Waals surface area contributed by atoms with Crippen LogP contribution in [0.15, 0.2) is 36.4 Å². The molecule has 0 saturated carbocycles. The molecule has 0 aliphatic carbocycles. The van der Waals surface area contributed by atoms with Gasteiger partial charge in [-0.3, -0.25) is 0 Å². The molecular formula is C16H13ClFNO2. The average molecular weight is 306 g/mol. The average Bonchev–Trinajstić information content (AvgIpc) is 2.53. The molecule has 0 aliphatic rings. The van der Waals surface area contributed by atoms with Crippen molar-refractivity contribution in [3.63, 3.8) is 0 Å². The van der Waals surface area contributed by atoms with E-state index in [0.717, 1.165) is 5.56 Å². The van der Waals surface area contributed by atoms with Gasteiger partial charge in [0.05, 0.1) is 18.7 Å². The van der Waals surface area contributed by atoms with Gasteiger partial charge in [0.15, 0.2) is 11.5 Å². The first-order valence-corrected chi connectivity index (χ1v) is 6.75. The summed E-state index contributed by atoms with van der Waals surface area (Å²) in [5, 5.41) is 8.71. The molecule has 21 heavy (non-hydrogen) atoms. The minimum absolute atomic E-state index is 0.0413. The van der Waals surface area contributed by atoms with Crippen LogP contribution in [0.3, 0.4) is 0 Å². The fraction of sp³-hybridized carbons (Fsp3) is 0.188. The van der Waals surface area contributed by atoms with E-state index in [4.69, 9.17) is 26.3 Å². The molecule has 0 aliphatic heterocycles. The van der Waals surface area contributed by atoms with Gasteiger partial charge in [-0.2, -0.15) is 5.26 Å². The highest BCUT2D eigenvalue weighted by Crippen LogP contribution is 2.29. The van der Waals surface area contributed by atoms with Crippen LogP contribution in [0.4, 0.5) is 4.39 Å². The first-order chi connectivity index (χ1) is 10.2. The summed E-state index contributed by atoms with van der Waals surface area (Å²) in [6, 6.07) is 11.5. The standard InChI is InChI=1S/C16H13ClFNO2/c1-20-15-5-3-11(8-17)7-16(15)21-10-13-4-2-12(9-19)6-14(13)18/h2-7H,8,10H2,1H3. The summed E-state index contributed by atoms with van der Waals surface area (Å²) >= 11 is 5.78. The zero-order valence-electron chi connectivity index (χ0n) is 11.4. The number of alkyl halides is 1. The van der Waals surface area contributed by atoms with Crippen LogP contribution in [0.5, 0.6) is 11.5 Å². The molecule has 0 heterocycles. The summed E-state index contributed by atoms with van der Waals surface area (Å²) in [7, 11) is 1.53. The highest BCUT2D eigenvalue weighted by molar-refractivity contribution is 6.17. The van der Waals surface area contributed by atoms with Crippen molar-refractivity contribution in [1.29, 1.82) is 5.26 Å². The third-order valence-electron chi connectivity index (χ3n) is 2.95. The summed E-state index contributed by atoms with van der Waals surface area (Å²) in [6.45, 7) is 0.0413.